The van der Waals surface area contributed by atoms with Gasteiger partial charge in [-0.25, -0.2) is 4.39 Å². The van der Waals surface area contributed by atoms with E-state index in [9.17, 15) is 4.39 Å². The smallest absolute Gasteiger partial charge is 0.141 e. The molecular formula is C12H15FN4. The van der Waals surface area contributed by atoms with Gasteiger partial charge in [-0.2, -0.15) is 5.10 Å². The Morgan fingerprint density at radius 1 is 1.47 bits per heavy atom. The van der Waals surface area contributed by atoms with E-state index in [0.29, 0.717) is 6.54 Å². The Balaban J connectivity index is 1.95. The SMILES string of the molecule is CC(NCc1ccn(C)n1)c1cncc(F)c1. The summed E-state index contributed by atoms with van der Waals surface area (Å²) in [4.78, 5) is 3.83. The number of aryl methyl sites for hydroxylation is 1. The van der Waals surface area contributed by atoms with E-state index in [1.54, 1.807) is 10.9 Å². The van der Waals surface area contributed by atoms with Gasteiger partial charge in [-0.3, -0.25) is 9.67 Å². The van der Waals surface area contributed by atoms with Crippen LogP contribution in [0, 0.1) is 5.82 Å². The summed E-state index contributed by atoms with van der Waals surface area (Å²) in [6.45, 7) is 2.62. The lowest BCUT2D eigenvalue weighted by Crippen LogP contribution is -2.18. The second kappa shape index (κ2) is 5.05. The van der Waals surface area contributed by atoms with Crippen LogP contribution in [0.1, 0.15) is 24.2 Å². The van der Waals surface area contributed by atoms with Gasteiger partial charge in [0.15, 0.2) is 0 Å². The number of nitrogens with zero attached hydrogens (tertiary/aromatic N) is 3. The second-order valence-corrected chi connectivity index (χ2v) is 4.02. The zero-order chi connectivity index (χ0) is 12.3. The van der Waals surface area contributed by atoms with E-state index in [0.717, 1.165) is 11.3 Å². The summed E-state index contributed by atoms with van der Waals surface area (Å²) in [5.41, 5.74) is 1.80. The molecular weight excluding hydrogens is 219 g/mol. The Morgan fingerprint density at radius 2 is 2.29 bits per heavy atom. The van der Waals surface area contributed by atoms with Gasteiger partial charge >= 0.3 is 0 Å². The predicted molar refractivity (Wildman–Crippen MR) is 62.7 cm³/mol. The number of hydrogen-bond acceptors (Lipinski definition) is 3. The zero-order valence-corrected chi connectivity index (χ0v) is 9.89. The van der Waals surface area contributed by atoms with E-state index in [1.807, 2.05) is 26.2 Å². The van der Waals surface area contributed by atoms with Crippen molar-refractivity contribution < 1.29 is 4.39 Å². The summed E-state index contributed by atoms with van der Waals surface area (Å²) in [6.07, 6.45) is 4.76. The van der Waals surface area contributed by atoms with E-state index in [-0.39, 0.29) is 11.9 Å². The van der Waals surface area contributed by atoms with Gasteiger partial charge in [-0.05, 0) is 24.6 Å². The molecule has 0 fully saturated rings. The number of halogens is 1. The first-order chi connectivity index (χ1) is 8.15. The summed E-state index contributed by atoms with van der Waals surface area (Å²) < 4.78 is 14.7. The second-order valence-electron chi connectivity index (χ2n) is 4.02. The van der Waals surface area contributed by atoms with Crippen molar-refractivity contribution >= 4 is 0 Å². The first-order valence-electron chi connectivity index (χ1n) is 5.47. The summed E-state index contributed by atoms with van der Waals surface area (Å²) in [5, 5.41) is 7.53. The van der Waals surface area contributed by atoms with E-state index in [2.05, 4.69) is 15.4 Å². The summed E-state index contributed by atoms with van der Waals surface area (Å²) in [7, 11) is 1.88. The zero-order valence-electron chi connectivity index (χ0n) is 9.89. The molecule has 2 rings (SSSR count). The number of aromatic nitrogens is 3. The third kappa shape index (κ3) is 3.10. The van der Waals surface area contributed by atoms with Crippen molar-refractivity contribution in [1.82, 2.24) is 20.1 Å². The van der Waals surface area contributed by atoms with Crippen molar-refractivity contribution in [3.63, 3.8) is 0 Å². The predicted octanol–water partition coefficient (Wildman–Crippen LogP) is 1.80. The van der Waals surface area contributed by atoms with Crippen LogP contribution >= 0.6 is 0 Å². The highest BCUT2D eigenvalue weighted by Gasteiger charge is 2.07. The summed E-state index contributed by atoms with van der Waals surface area (Å²) >= 11 is 0. The van der Waals surface area contributed by atoms with Crippen LogP contribution in [-0.4, -0.2) is 14.8 Å². The van der Waals surface area contributed by atoms with Gasteiger partial charge in [0.25, 0.3) is 0 Å². The molecule has 0 aliphatic heterocycles. The lowest BCUT2D eigenvalue weighted by molar-refractivity contribution is 0.551. The molecule has 0 amide bonds. The fourth-order valence-corrected chi connectivity index (χ4v) is 1.60. The highest BCUT2D eigenvalue weighted by atomic mass is 19.1. The molecule has 1 atom stereocenters. The molecule has 4 nitrogen and oxygen atoms in total. The molecule has 2 aromatic rings. The molecule has 5 heteroatoms. The Hall–Kier alpha value is -1.75. The fraction of sp³-hybridized carbons (Fsp3) is 0.333. The van der Waals surface area contributed by atoms with Gasteiger partial charge in [-0.15, -0.1) is 0 Å². The number of pyridine rings is 1. The van der Waals surface area contributed by atoms with Crippen LogP contribution in [0.4, 0.5) is 4.39 Å². The van der Waals surface area contributed by atoms with Gasteiger partial charge in [-0.1, -0.05) is 0 Å². The average molecular weight is 234 g/mol. The lowest BCUT2D eigenvalue weighted by atomic mass is 10.1. The van der Waals surface area contributed by atoms with Crippen LogP contribution in [-0.2, 0) is 13.6 Å². The Morgan fingerprint density at radius 3 is 2.94 bits per heavy atom. The molecule has 1 N–H and O–H groups in total. The third-order valence-corrected chi connectivity index (χ3v) is 2.58. The van der Waals surface area contributed by atoms with Crippen molar-refractivity contribution in [2.45, 2.75) is 19.5 Å². The lowest BCUT2D eigenvalue weighted by Gasteiger charge is -2.12. The first kappa shape index (κ1) is 11.7. The van der Waals surface area contributed by atoms with Crippen LogP contribution in [0.15, 0.2) is 30.7 Å². The molecule has 2 heterocycles. The van der Waals surface area contributed by atoms with Crippen molar-refractivity contribution in [1.29, 1.82) is 0 Å². The van der Waals surface area contributed by atoms with Crippen molar-refractivity contribution in [3.05, 3.63) is 47.8 Å². The molecule has 0 aliphatic carbocycles. The van der Waals surface area contributed by atoms with E-state index in [4.69, 9.17) is 0 Å². The third-order valence-electron chi connectivity index (χ3n) is 2.58. The normalized spacial score (nSPS) is 12.6. The number of rotatable bonds is 4. The molecule has 90 valence electrons. The Kier molecular flexibility index (Phi) is 3.49. The molecule has 0 spiro atoms. The standard InChI is InChI=1S/C12H15FN4/c1-9(10-5-11(13)7-14-6-10)15-8-12-3-4-17(2)16-12/h3-7,9,15H,8H2,1-2H3. The molecule has 0 aliphatic rings. The average Bonchev–Trinajstić information content (AvgIpc) is 2.72. The minimum absolute atomic E-state index is 0.0419. The van der Waals surface area contributed by atoms with E-state index < -0.39 is 0 Å². The maximum atomic E-state index is 13.0. The topological polar surface area (TPSA) is 42.7 Å². The van der Waals surface area contributed by atoms with Gasteiger partial charge in [0.1, 0.15) is 5.82 Å². The minimum atomic E-state index is -0.311. The number of hydrogen-bond donors (Lipinski definition) is 1. The van der Waals surface area contributed by atoms with Crippen molar-refractivity contribution in [2.24, 2.45) is 7.05 Å². The van der Waals surface area contributed by atoms with E-state index >= 15 is 0 Å². The van der Waals surface area contributed by atoms with Crippen LogP contribution < -0.4 is 5.32 Å². The molecule has 0 saturated carbocycles. The molecule has 1 unspecified atom stereocenters. The molecule has 0 bridgehead atoms. The van der Waals surface area contributed by atoms with Crippen LogP contribution in [0.3, 0.4) is 0 Å². The van der Waals surface area contributed by atoms with Crippen LogP contribution in [0.25, 0.3) is 0 Å². The summed E-state index contributed by atoms with van der Waals surface area (Å²) in [5.74, 6) is -0.311. The summed E-state index contributed by atoms with van der Waals surface area (Å²) in [6, 6.07) is 3.48. The Bertz CT molecular complexity index is 495. The molecule has 2 aromatic heterocycles. The Labute approximate surface area is 99.5 Å². The highest BCUT2D eigenvalue weighted by Crippen LogP contribution is 2.12. The van der Waals surface area contributed by atoms with Crippen molar-refractivity contribution in [3.8, 4) is 0 Å². The largest absolute Gasteiger partial charge is 0.304 e. The number of nitrogens with one attached hydrogen (secondary N) is 1. The molecule has 0 radical (unpaired) electrons. The fourth-order valence-electron chi connectivity index (χ4n) is 1.60. The van der Waals surface area contributed by atoms with Crippen molar-refractivity contribution in [2.75, 3.05) is 0 Å². The van der Waals surface area contributed by atoms with Crippen LogP contribution in [0.5, 0.6) is 0 Å². The minimum Gasteiger partial charge on any atom is -0.304 e. The maximum Gasteiger partial charge on any atom is 0.141 e. The van der Waals surface area contributed by atoms with Gasteiger partial charge in [0, 0.05) is 32.0 Å². The molecule has 0 aromatic carbocycles. The first-order valence-corrected chi connectivity index (χ1v) is 5.47. The maximum absolute atomic E-state index is 13.0. The van der Waals surface area contributed by atoms with Crippen LogP contribution in [0.2, 0.25) is 0 Å². The van der Waals surface area contributed by atoms with Gasteiger partial charge in [0.05, 0.1) is 11.9 Å². The molecule has 0 saturated heterocycles. The van der Waals surface area contributed by atoms with Gasteiger partial charge < -0.3 is 5.32 Å². The quantitative estimate of drug-likeness (QED) is 0.877. The van der Waals surface area contributed by atoms with E-state index in [1.165, 1.54) is 12.3 Å². The monoisotopic (exact) mass is 234 g/mol. The molecule has 17 heavy (non-hydrogen) atoms. The highest BCUT2D eigenvalue weighted by molar-refractivity contribution is 5.14. The van der Waals surface area contributed by atoms with Gasteiger partial charge in [0.2, 0.25) is 0 Å².